The zero-order valence-electron chi connectivity index (χ0n) is 15.8. The number of hydrogen-bond acceptors (Lipinski definition) is 1. The summed E-state index contributed by atoms with van der Waals surface area (Å²) in [6.45, 7) is 17.6. The van der Waals surface area contributed by atoms with E-state index in [1.54, 1.807) is 7.11 Å². The number of benzene rings is 1. The molecule has 1 atom stereocenters. The predicted molar refractivity (Wildman–Crippen MR) is 96.9 cm³/mol. The van der Waals surface area contributed by atoms with Crippen molar-refractivity contribution in [3.63, 3.8) is 0 Å². The lowest BCUT2D eigenvalue weighted by Crippen LogP contribution is -2.20. The van der Waals surface area contributed by atoms with Crippen molar-refractivity contribution in [2.75, 3.05) is 7.11 Å². The van der Waals surface area contributed by atoms with Gasteiger partial charge in [0.2, 0.25) is 0 Å². The van der Waals surface area contributed by atoms with Crippen molar-refractivity contribution in [2.45, 2.75) is 78.6 Å². The van der Waals surface area contributed by atoms with Crippen LogP contribution in [0.2, 0.25) is 0 Å². The van der Waals surface area contributed by atoms with Crippen molar-refractivity contribution < 1.29 is 4.74 Å². The van der Waals surface area contributed by atoms with Crippen LogP contribution in [0.4, 0.5) is 0 Å². The first-order valence-electron chi connectivity index (χ1n) is 8.14. The number of hydrogen-bond donors (Lipinski definition) is 0. The van der Waals surface area contributed by atoms with Crippen LogP contribution >= 0.6 is 0 Å². The van der Waals surface area contributed by atoms with Gasteiger partial charge in [0.25, 0.3) is 0 Å². The zero-order valence-corrected chi connectivity index (χ0v) is 15.8. The lowest BCUT2D eigenvalue weighted by Gasteiger charge is -2.30. The molecule has 0 saturated carbocycles. The van der Waals surface area contributed by atoms with Crippen molar-refractivity contribution in [1.29, 1.82) is 0 Å². The van der Waals surface area contributed by atoms with Crippen LogP contribution in [0, 0.1) is 11.8 Å². The Labute approximate surface area is 137 Å². The molecule has 0 fully saturated rings. The minimum Gasteiger partial charge on any atom is -0.496 e. The minimum absolute atomic E-state index is 0.0531. The molecule has 0 amide bonds. The summed E-state index contributed by atoms with van der Waals surface area (Å²) in [5.74, 6) is 7.69. The van der Waals surface area contributed by atoms with E-state index < -0.39 is 0 Å². The molecular weight excluding hydrogens is 268 g/mol. The third-order valence-corrected chi connectivity index (χ3v) is 4.09. The highest BCUT2D eigenvalue weighted by molar-refractivity contribution is 5.51. The molecule has 0 saturated heterocycles. The topological polar surface area (TPSA) is 9.23 Å². The molecule has 0 aliphatic heterocycles. The molecule has 1 unspecified atom stereocenters. The van der Waals surface area contributed by atoms with Gasteiger partial charge in [-0.1, -0.05) is 60.6 Å². The van der Waals surface area contributed by atoms with Crippen LogP contribution in [0.25, 0.3) is 0 Å². The normalized spacial score (nSPS) is 13.3. The monoisotopic (exact) mass is 300 g/mol. The highest BCUT2D eigenvalue weighted by Gasteiger charge is 2.28. The van der Waals surface area contributed by atoms with E-state index in [9.17, 15) is 0 Å². The largest absolute Gasteiger partial charge is 0.496 e. The summed E-state index contributed by atoms with van der Waals surface area (Å²) in [6, 6.07) is 4.63. The highest BCUT2D eigenvalue weighted by Crippen LogP contribution is 2.42. The van der Waals surface area contributed by atoms with E-state index in [4.69, 9.17) is 4.74 Å². The second kappa shape index (κ2) is 6.78. The first-order chi connectivity index (χ1) is 10.0. The Hall–Kier alpha value is -1.42. The molecule has 0 spiro atoms. The van der Waals surface area contributed by atoms with E-state index in [1.165, 1.54) is 16.7 Å². The zero-order chi connectivity index (χ0) is 17.1. The molecule has 0 aromatic heterocycles. The van der Waals surface area contributed by atoms with E-state index in [0.717, 1.165) is 12.2 Å². The van der Waals surface area contributed by atoms with Crippen molar-refractivity contribution in [2.24, 2.45) is 0 Å². The second-order valence-corrected chi connectivity index (χ2v) is 8.18. The third kappa shape index (κ3) is 4.29. The van der Waals surface area contributed by atoms with E-state index in [0.29, 0.717) is 5.92 Å². The van der Waals surface area contributed by atoms with Crippen molar-refractivity contribution in [3.05, 3.63) is 28.8 Å². The van der Waals surface area contributed by atoms with Crippen molar-refractivity contribution in [1.82, 2.24) is 0 Å². The van der Waals surface area contributed by atoms with Gasteiger partial charge in [-0.05, 0) is 29.2 Å². The average molecular weight is 300 g/mol. The van der Waals surface area contributed by atoms with E-state index in [2.05, 4.69) is 72.4 Å². The Bertz CT molecular complexity index is 536. The summed E-state index contributed by atoms with van der Waals surface area (Å²) in [6.07, 6.45) is 0.899. The van der Waals surface area contributed by atoms with Crippen molar-refractivity contribution in [3.8, 4) is 17.6 Å². The molecule has 1 rings (SSSR count). The summed E-state index contributed by atoms with van der Waals surface area (Å²) in [7, 11) is 1.78. The molecule has 22 heavy (non-hydrogen) atoms. The SMILES string of the molecule is CC#CCC(C)c1cc(C(C)(C)C)c(OC)c(C(C)(C)C)c1. The molecule has 122 valence electrons. The molecule has 1 aromatic rings. The van der Waals surface area contributed by atoms with Gasteiger partial charge in [0.15, 0.2) is 0 Å². The van der Waals surface area contributed by atoms with Crippen LogP contribution in [-0.4, -0.2) is 7.11 Å². The standard InChI is InChI=1S/C21H32O/c1-10-11-12-15(2)16-13-17(20(3,4)5)19(22-9)18(14-16)21(6,7)8/h13-15H,12H2,1-9H3. The summed E-state index contributed by atoms with van der Waals surface area (Å²) < 4.78 is 5.82. The van der Waals surface area contributed by atoms with Crippen LogP contribution < -0.4 is 4.74 Å². The molecule has 0 N–H and O–H groups in total. The van der Waals surface area contributed by atoms with Crippen LogP contribution in [0.5, 0.6) is 5.75 Å². The Morgan fingerprint density at radius 2 is 1.45 bits per heavy atom. The summed E-state index contributed by atoms with van der Waals surface area (Å²) in [5, 5.41) is 0. The Kier molecular flexibility index (Phi) is 5.74. The quantitative estimate of drug-likeness (QED) is 0.640. The van der Waals surface area contributed by atoms with Gasteiger partial charge in [-0.3, -0.25) is 0 Å². The number of methoxy groups -OCH3 is 1. The molecule has 0 bridgehead atoms. The first-order valence-corrected chi connectivity index (χ1v) is 8.14. The fraction of sp³-hybridized carbons (Fsp3) is 0.619. The predicted octanol–water partition coefficient (Wildman–Crippen LogP) is 5.81. The Morgan fingerprint density at radius 3 is 1.77 bits per heavy atom. The molecule has 0 aliphatic carbocycles. The summed E-state index contributed by atoms with van der Waals surface area (Å²) >= 11 is 0. The highest BCUT2D eigenvalue weighted by atomic mass is 16.5. The van der Waals surface area contributed by atoms with E-state index in [1.807, 2.05) is 6.92 Å². The summed E-state index contributed by atoms with van der Waals surface area (Å²) in [4.78, 5) is 0. The maximum absolute atomic E-state index is 5.82. The van der Waals surface area contributed by atoms with Gasteiger partial charge in [-0.2, -0.15) is 0 Å². The minimum atomic E-state index is 0.0531. The van der Waals surface area contributed by atoms with Gasteiger partial charge >= 0.3 is 0 Å². The van der Waals surface area contributed by atoms with Gasteiger partial charge in [0.1, 0.15) is 5.75 Å². The lowest BCUT2D eigenvalue weighted by molar-refractivity contribution is 0.381. The molecular formula is C21H32O. The van der Waals surface area contributed by atoms with Gasteiger partial charge < -0.3 is 4.74 Å². The molecule has 1 nitrogen and oxygen atoms in total. The van der Waals surface area contributed by atoms with Gasteiger partial charge in [-0.25, -0.2) is 0 Å². The number of rotatable bonds is 3. The summed E-state index contributed by atoms with van der Waals surface area (Å²) in [5.41, 5.74) is 4.04. The van der Waals surface area contributed by atoms with E-state index >= 15 is 0 Å². The second-order valence-electron chi connectivity index (χ2n) is 8.18. The molecule has 1 aromatic carbocycles. The van der Waals surface area contributed by atoms with Crippen LogP contribution in [0.3, 0.4) is 0 Å². The number of ether oxygens (including phenoxy) is 1. The Morgan fingerprint density at radius 1 is 1.00 bits per heavy atom. The fourth-order valence-corrected chi connectivity index (χ4v) is 2.64. The van der Waals surface area contributed by atoms with Crippen LogP contribution in [-0.2, 0) is 10.8 Å². The van der Waals surface area contributed by atoms with Crippen LogP contribution in [0.15, 0.2) is 12.1 Å². The van der Waals surface area contributed by atoms with Gasteiger partial charge in [-0.15, -0.1) is 11.8 Å². The fourth-order valence-electron chi connectivity index (χ4n) is 2.64. The maximum atomic E-state index is 5.82. The molecule has 0 aliphatic rings. The molecule has 1 heteroatoms. The smallest absolute Gasteiger partial charge is 0.126 e. The van der Waals surface area contributed by atoms with Gasteiger partial charge in [0.05, 0.1) is 7.11 Å². The molecule has 0 radical (unpaired) electrons. The lowest BCUT2D eigenvalue weighted by atomic mass is 9.77. The Balaban J connectivity index is 3.58. The van der Waals surface area contributed by atoms with Crippen molar-refractivity contribution >= 4 is 0 Å². The van der Waals surface area contributed by atoms with Crippen LogP contribution in [0.1, 0.15) is 84.4 Å². The molecule has 0 heterocycles. The first kappa shape index (κ1) is 18.6. The van der Waals surface area contributed by atoms with Gasteiger partial charge in [0, 0.05) is 17.5 Å². The third-order valence-electron chi connectivity index (χ3n) is 4.09. The maximum Gasteiger partial charge on any atom is 0.126 e. The average Bonchev–Trinajstić information content (AvgIpc) is 2.41. The van der Waals surface area contributed by atoms with E-state index in [-0.39, 0.29) is 10.8 Å².